The van der Waals surface area contributed by atoms with Crippen LogP contribution in [0.25, 0.3) is 11.1 Å². The van der Waals surface area contributed by atoms with Gasteiger partial charge >= 0.3 is 0 Å². The van der Waals surface area contributed by atoms with E-state index in [1.54, 1.807) is 13.4 Å². The van der Waals surface area contributed by atoms with Crippen LogP contribution in [0.15, 0.2) is 41.0 Å². The zero-order valence-electron chi connectivity index (χ0n) is 10.2. The van der Waals surface area contributed by atoms with Crippen LogP contribution in [0.1, 0.15) is 12.7 Å². The third kappa shape index (κ3) is 2.50. The van der Waals surface area contributed by atoms with Crippen LogP contribution >= 0.6 is 0 Å². The predicted molar refractivity (Wildman–Crippen MR) is 68.1 cm³/mol. The first kappa shape index (κ1) is 11.7. The van der Waals surface area contributed by atoms with E-state index in [2.05, 4.69) is 12.2 Å². The van der Waals surface area contributed by atoms with E-state index in [1.807, 2.05) is 30.3 Å². The summed E-state index contributed by atoms with van der Waals surface area (Å²) in [7, 11) is 1.68. The fraction of sp³-hybridized carbons (Fsp3) is 0.286. The molecule has 0 fully saturated rings. The lowest BCUT2D eigenvalue weighted by molar-refractivity contribution is 0.416. The van der Waals surface area contributed by atoms with Gasteiger partial charge in [-0.05, 0) is 18.7 Å². The van der Waals surface area contributed by atoms with Crippen molar-refractivity contribution in [2.75, 3.05) is 13.7 Å². The topological polar surface area (TPSA) is 34.4 Å². The fourth-order valence-electron chi connectivity index (χ4n) is 1.82. The second-order valence-corrected chi connectivity index (χ2v) is 3.74. The quantitative estimate of drug-likeness (QED) is 0.858. The molecule has 0 amide bonds. The van der Waals surface area contributed by atoms with Crippen LogP contribution < -0.4 is 10.1 Å². The Labute approximate surface area is 101 Å². The Balaban J connectivity index is 2.35. The first-order valence-corrected chi connectivity index (χ1v) is 5.77. The van der Waals surface area contributed by atoms with Gasteiger partial charge in [-0.1, -0.05) is 25.1 Å². The minimum Gasteiger partial charge on any atom is -0.496 e. The van der Waals surface area contributed by atoms with Crippen LogP contribution in [0, 0.1) is 0 Å². The minimum atomic E-state index is 0.733. The van der Waals surface area contributed by atoms with Crippen molar-refractivity contribution in [3.05, 3.63) is 42.4 Å². The van der Waals surface area contributed by atoms with Crippen molar-refractivity contribution in [3.63, 3.8) is 0 Å². The average Bonchev–Trinajstić information content (AvgIpc) is 2.84. The van der Waals surface area contributed by atoms with Crippen molar-refractivity contribution in [1.82, 2.24) is 5.32 Å². The first-order chi connectivity index (χ1) is 8.36. The number of hydrogen-bond acceptors (Lipinski definition) is 3. The number of nitrogens with one attached hydrogen (secondary N) is 1. The van der Waals surface area contributed by atoms with E-state index in [9.17, 15) is 0 Å². The van der Waals surface area contributed by atoms with E-state index in [0.717, 1.165) is 35.7 Å². The number of furan rings is 1. The van der Waals surface area contributed by atoms with E-state index >= 15 is 0 Å². The van der Waals surface area contributed by atoms with Crippen LogP contribution in [0.2, 0.25) is 0 Å². The van der Waals surface area contributed by atoms with E-state index in [-0.39, 0.29) is 0 Å². The summed E-state index contributed by atoms with van der Waals surface area (Å²) in [6.45, 7) is 3.73. The predicted octanol–water partition coefficient (Wildman–Crippen LogP) is 3.06. The molecule has 0 aliphatic heterocycles. The van der Waals surface area contributed by atoms with Gasteiger partial charge in [0.2, 0.25) is 0 Å². The molecule has 0 saturated carbocycles. The molecule has 0 bridgehead atoms. The second kappa shape index (κ2) is 5.55. The molecule has 2 aromatic rings. The van der Waals surface area contributed by atoms with Gasteiger partial charge in [-0.15, -0.1) is 0 Å². The maximum absolute atomic E-state index is 5.50. The molecule has 0 unspecified atom stereocenters. The Hall–Kier alpha value is -1.74. The molecule has 1 N–H and O–H groups in total. The van der Waals surface area contributed by atoms with Gasteiger partial charge in [0, 0.05) is 11.1 Å². The van der Waals surface area contributed by atoms with E-state index < -0.39 is 0 Å². The smallest absolute Gasteiger partial charge is 0.126 e. The van der Waals surface area contributed by atoms with Gasteiger partial charge in [0.15, 0.2) is 0 Å². The molecule has 0 aliphatic rings. The highest BCUT2D eigenvalue weighted by molar-refractivity contribution is 5.71. The van der Waals surface area contributed by atoms with Crippen molar-refractivity contribution < 1.29 is 9.15 Å². The highest BCUT2D eigenvalue weighted by Gasteiger charge is 2.11. The molecule has 0 saturated heterocycles. The monoisotopic (exact) mass is 231 g/mol. The summed E-state index contributed by atoms with van der Waals surface area (Å²) >= 11 is 0. The third-order valence-electron chi connectivity index (χ3n) is 2.68. The minimum absolute atomic E-state index is 0.733. The molecule has 90 valence electrons. The largest absolute Gasteiger partial charge is 0.496 e. The van der Waals surface area contributed by atoms with E-state index in [0.29, 0.717) is 0 Å². The van der Waals surface area contributed by atoms with Crippen LogP contribution in [-0.2, 0) is 6.54 Å². The molecule has 0 radical (unpaired) electrons. The van der Waals surface area contributed by atoms with E-state index in [1.165, 1.54) is 0 Å². The van der Waals surface area contributed by atoms with Gasteiger partial charge in [0.25, 0.3) is 0 Å². The number of benzene rings is 1. The van der Waals surface area contributed by atoms with Crippen LogP contribution in [0.4, 0.5) is 0 Å². The van der Waals surface area contributed by atoms with Gasteiger partial charge in [0.05, 0.1) is 19.9 Å². The number of rotatable bonds is 5. The maximum Gasteiger partial charge on any atom is 0.126 e. The molecular weight excluding hydrogens is 214 g/mol. The van der Waals surface area contributed by atoms with Crippen molar-refractivity contribution in [2.24, 2.45) is 0 Å². The van der Waals surface area contributed by atoms with Gasteiger partial charge in [-0.2, -0.15) is 0 Å². The molecular formula is C14H17NO2. The molecule has 0 atom stereocenters. The summed E-state index contributed by atoms with van der Waals surface area (Å²) in [6, 6.07) is 9.94. The Morgan fingerprint density at radius 3 is 2.76 bits per heavy atom. The molecule has 1 aromatic carbocycles. The van der Waals surface area contributed by atoms with Gasteiger partial charge in [-0.3, -0.25) is 0 Å². The third-order valence-corrected chi connectivity index (χ3v) is 2.68. The van der Waals surface area contributed by atoms with Gasteiger partial charge in [0.1, 0.15) is 11.5 Å². The fourth-order valence-corrected chi connectivity index (χ4v) is 1.82. The molecule has 0 aliphatic carbocycles. The van der Waals surface area contributed by atoms with Gasteiger partial charge in [-0.25, -0.2) is 0 Å². The zero-order valence-corrected chi connectivity index (χ0v) is 10.2. The number of methoxy groups -OCH3 is 1. The van der Waals surface area contributed by atoms with Crippen molar-refractivity contribution >= 4 is 0 Å². The Morgan fingerprint density at radius 1 is 1.18 bits per heavy atom. The summed E-state index contributed by atoms with van der Waals surface area (Å²) in [6.07, 6.45) is 1.72. The van der Waals surface area contributed by atoms with Crippen molar-refractivity contribution in [3.8, 4) is 16.9 Å². The number of para-hydroxylation sites is 1. The average molecular weight is 231 g/mol. The van der Waals surface area contributed by atoms with Crippen LogP contribution in [0.5, 0.6) is 5.75 Å². The normalized spacial score (nSPS) is 10.5. The highest BCUT2D eigenvalue weighted by atomic mass is 16.5. The highest BCUT2D eigenvalue weighted by Crippen LogP contribution is 2.32. The summed E-state index contributed by atoms with van der Waals surface area (Å²) in [5.41, 5.74) is 2.15. The summed E-state index contributed by atoms with van der Waals surface area (Å²) in [4.78, 5) is 0. The molecule has 1 aromatic heterocycles. The lowest BCUT2D eigenvalue weighted by atomic mass is 10.1. The number of ether oxygens (including phenoxy) is 1. The molecule has 17 heavy (non-hydrogen) atoms. The van der Waals surface area contributed by atoms with E-state index in [4.69, 9.17) is 9.15 Å². The second-order valence-electron chi connectivity index (χ2n) is 3.74. The van der Waals surface area contributed by atoms with Crippen LogP contribution in [0.3, 0.4) is 0 Å². The SMILES string of the molecule is CCNCc1occc1-c1ccccc1OC. The Morgan fingerprint density at radius 2 is 2.00 bits per heavy atom. The van der Waals surface area contributed by atoms with Crippen molar-refractivity contribution in [1.29, 1.82) is 0 Å². The molecule has 0 spiro atoms. The molecule has 1 heterocycles. The number of hydrogen-bond donors (Lipinski definition) is 1. The molecule has 2 rings (SSSR count). The van der Waals surface area contributed by atoms with Gasteiger partial charge < -0.3 is 14.5 Å². The lowest BCUT2D eigenvalue weighted by Crippen LogP contribution is -2.11. The summed E-state index contributed by atoms with van der Waals surface area (Å²) in [5, 5.41) is 3.26. The van der Waals surface area contributed by atoms with Crippen molar-refractivity contribution in [2.45, 2.75) is 13.5 Å². The Kier molecular flexibility index (Phi) is 3.83. The lowest BCUT2D eigenvalue weighted by Gasteiger charge is -2.08. The standard InChI is InChI=1S/C14H17NO2/c1-3-15-10-14-12(8-9-17-14)11-6-4-5-7-13(11)16-2/h4-9,15H,3,10H2,1-2H3. The molecule has 3 nitrogen and oxygen atoms in total. The Bertz CT molecular complexity index is 477. The first-order valence-electron chi connectivity index (χ1n) is 5.77. The summed E-state index contributed by atoms with van der Waals surface area (Å²) < 4.78 is 10.9. The molecule has 3 heteroatoms. The maximum atomic E-state index is 5.50. The summed E-state index contributed by atoms with van der Waals surface area (Å²) in [5.74, 6) is 1.81. The van der Waals surface area contributed by atoms with Crippen LogP contribution in [-0.4, -0.2) is 13.7 Å². The zero-order chi connectivity index (χ0) is 12.1.